The van der Waals surface area contributed by atoms with E-state index < -0.39 is 0 Å². The Morgan fingerprint density at radius 1 is 1.21 bits per heavy atom. The largest absolute Gasteiger partial charge is 0.497 e. The quantitative estimate of drug-likeness (QED) is 0.618. The topological polar surface area (TPSA) is 60.9 Å². The zero-order valence-electron chi connectivity index (χ0n) is 15.7. The molecular weight excluding hydrogens is 376 g/mol. The standard InChI is InChI=1S/C21H22N2O4S/c1-25-19-4-2-16-3-5-20(9-17(16)8-19)26-11-15-6-7-23(10-15)21(24)27-12-18-13-28-14-22-18/h2-5,8-9,13-15H,6-7,10-12H2,1H3. The number of carbonyl (C=O) groups excluding carboxylic acids is 1. The normalized spacial score (nSPS) is 16.3. The molecule has 0 spiro atoms. The number of benzene rings is 2. The molecule has 0 aliphatic carbocycles. The van der Waals surface area contributed by atoms with Crippen LogP contribution in [0.2, 0.25) is 0 Å². The average molecular weight is 398 g/mol. The molecule has 1 fully saturated rings. The number of ether oxygens (including phenoxy) is 3. The number of fused-ring (bicyclic) bond motifs is 1. The van der Waals surface area contributed by atoms with Crippen LogP contribution in [0.4, 0.5) is 4.79 Å². The Hall–Kier alpha value is -2.80. The third-order valence-electron chi connectivity index (χ3n) is 4.88. The summed E-state index contributed by atoms with van der Waals surface area (Å²) in [6, 6.07) is 12.0. The second kappa shape index (κ2) is 8.48. The number of amides is 1. The van der Waals surface area contributed by atoms with Crippen LogP contribution in [-0.2, 0) is 11.3 Å². The van der Waals surface area contributed by atoms with E-state index in [-0.39, 0.29) is 12.7 Å². The van der Waals surface area contributed by atoms with Gasteiger partial charge in [0.25, 0.3) is 0 Å². The van der Waals surface area contributed by atoms with Crippen molar-refractivity contribution in [2.45, 2.75) is 13.0 Å². The van der Waals surface area contributed by atoms with Gasteiger partial charge in [-0.1, -0.05) is 12.1 Å². The molecule has 6 nitrogen and oxygen atoms in total. The Morgan fingerprint density at radius 2 is 2.04 bits per heavy atom. The van der Waals surface area contributed by atoms with E-state index in [0.717, 1.165) is 34.4 Å². The highest BCUT2D eigenvalue weighted by molar-refractivity contribution is 7.07. The van der Waals surface area contributed by atoms with Crippen molar-refractivity contribution in [1.29, 1.82) is 0 Å². The lowest BCUT2D eigenvalue weighted by atomic mass is 10.1. The van der Waals surface area contributed by atoms with Gasteiger partial charge in [-0.3, -0.25) is 0 Å². The number of hydrogen-bond donors (Lipinski definition) is 0. The first-order chi connectivity index (χ1) is 13.7. The lowest BCUT2D eigenvalue weighted by Gasteiger charge is -2.16. The van der Waals surface area contributed by atoms with Gasteiger partial charge < -0.3 is 19.1 Å². The first-order valence-corrected chi connectivity index (χ1v) is 10.1. The van der Waals surface area contributed by atoms with Gasteiger partial charge >= 0.3 is 6.09 Å². The maximum Gasteiger partial charge on any atom is 0.410 e. The van der Waals surface area contributed by atoms with Gasteiger partial charge in [0, 0.05) is 24.4 Å². The van der Waals surface area contributed by atoms with E-state index in [4.69, 9.17) is 14.2 Å². The molecule has 1 saturated heterocycles. The molecular formula is C21H22N2O4S. The van der Waals surface area contributed by atoms with Crippen molar-refractivity contribution in [3.63, 3.8) is 0 Å². The van der Waals surface area contributed by atoms with E-state index in [0.29, 0.717) is 25.6 Å². The summed E-state index contributed by atoms with van der Waals surface area (Å²) in [4.78, 5) is 18.1. The zero-order valence-corrected chi connectivity index (χ0v) is 16.5. The molecule has 1 aliphatic rings. The van der Waals surface area contributed by atoms with Gasteiger partial charge in [0.15, 0.2) is 0 Å². The fourth-order valence-corrected chi connectivity index (χ4v) is 3.85. The van der Waals surface area contributed by atoms with Crippen molar-refractivity contribution in [3.05, 3.63) is 53.0 Å². The fraction of sp³-hybridized carbons (Fsp3) is 0.333. The van der Waals surface area contributed by atoms with Crippen LogP contribution < -0.4 is 9.47 Å². The van der Waals surface area contributed by atoms with Gasteiger partial charge in [-0.25, -0.2) is 9.78 Å². The zero-order chi connectivity index (χ0) is 19.3. The molecule has 1 atom stereocenters. The summed E-state index contributed by atoms with van der Waals surface area (Å²) in [6.07, 6.45) is 0.626. The molecule has 1 unspecified atom stereocenters. The summed E-state index contributed by atoms with van der Waals surface area (Å²) < 4.78 is 16.6. The first-order valence-electron chi connectivity index (χ1n) is 9.20. The molecule has 2 aromatic carbocycles. The van der Waals surface area contributed by atoms with Crippen LogP contribution in [0.1, 0.15) is 12.1 Å². The van der Waals surface area contributed by atoms with Crippen LogP contribution in [0, 0.1) is 5.92 Å². The Morgan fingerprint density at radius 3 is 2.82 bits per heavy atom. The lowest BCUT2D eigenvalue weighted by Crippen LogP contribution is -2.30. The molecule has 3 aromatic rings. The highest BCUT2D eigenvalue weighted by Gasteiger charge is 2.27. The number of carbonyl (C=O) groups is 1. The number of thiazole rings is 1. The Labute approximate surface area is 167 Å². The van der Waals surface area contributed by atoms with E-state index >= 15 is 0 Å². The number of likely N-dealkylation sites (tertiary alicyclic amines) is 1. The molecule has 0 saturated carbocycles. The highest BCUT2D eigenvalue weighted by Crippen LogP contribution is 2.26. The molecule has 146 valence electrons. The van der Waals surface area contributed by atoms with Gasteiger partial charge in [-0.15, -0.1) is 11.3 Å². The van der Waals surface area contributed by atoms with Gasteiger partial charge in [0.2, 0.25) is 0 Å². The molecule has 28 heavy (non-hydrogen) atoms. The summed E-state index contributed by atoms with van der Waals surface area (Å²) in [5.74, 6) is 1.95. The molecule has 2 heterocycles. The molecule has 0 bridgehead atoms. The van der Waals surface area contributed by atoms with Crippen molar-refractivity contribution in [2.24, 2.45) is 5.92 Å². The van der Waals surface area contributed by atoms with Crippen LogP contribution in [0.25, 0.3) is 10.8 Å². The smallest absolute Gasteiger partial charge is 0.410 e. The molecule has 4 rings (SSSR count). The van der Waals surface area contributed by atoms with Crippen molar-refractivity contribution in [1.82, 2.24) is 9.88 Å². The maximum absolute atomic E-state index is 12.2. The van der Waals surface area contributed by atoms with Crippen LogP contribution in [0.15, 0.2) is 47.3 Å². The summed E-state index contributed by atoms with van der Waals surface area (Å²) in [7, 11) is 1.66. The third-order valence-corrected chi connectivity index (χ3v) is 5.51. The molecule has 1 aliphatic heterocycles. The first kappa shape index (κ1) is 18.6. The number of rotatable bonds is 6. The van der Waals surface area contributed by atoms with Crippen LogP contribution in [0.5, 0.6) is 11.5 Å². The van der Waals surface area contributed by atoms with Crippen molar-refractivity contribution in [3.8, 4) is 11.5 Å². The minimum Gasteiger partial charge on any atom is -0.497 e. The van der Waals surface area contributed by atoms with Gasteiger partial charge in [-0.05, 0) is 41.5 Å². The van der Waals surface area contributed by atoms with E-state index in [1.807, 2.05) is 41.8 Å². The summed E-state index contributed by atoms with van der Waals surface area (Å²) in [6.45, 7) is 2.14. The van der Waals surface area contributed by atoms with E-state index in [9.17, 15) is 4.79 Å². The summed E-state index contributed by atoms with van der Waals surface area (Å²) in [5, 5.41) is 4.10. The Balaban J connectivity index is 1.28. The second-order valence-electron chi connectivity index (χ2n) is 6.82. The predicted molar refractivity (Wildman–Crippen MR) is 108 cm³/mol. The summed E-state index contributed by atoms with van der Waals surface area (Å²) in [5.41, 5.74) is 2.51. The van der Waals surface area contributed by atoms with E-state index in [1.54, 1.807) is 17.5 Å². The lowest BCUT2D eigenvalue weighted by molar-refractivity contribution is 0.101. The van der Waals surface area contributed by atoms with Crippen molar-refractivity contribution < 1.29 is 19.0 Å². The Kier molecular flexibility index (Phi) is 5.62. The molecule has 1 amide bonds. The van der Waals surface area contributed by atoms with E-state index in [1.165, 1.54) is 11.3 Å². The minimum atomic E-state index is -0.284. The molecule has 0 radical (unpaired) electrons. The molecule has 1 aromatic heterocycles. The summed E-state index contributed by atoms with van der Waals surface area (Å²) >= 11 is 1.49. The van der Waals surface area contributed by atoms with E-state index in [2.05, 4.69) is 4.98 Å². The number of aromatic nitrogens is 1. The van der Waals surface area contributed by atoms with Gasteiger partial charge in [-0.2, -0.15) is 0 Å². The Bertz CT molecular complexity index is 945. The fourth-order valence-electron chi connectivity index (χ4n) is 3.30. The number of nitrogens with zero attached hydrogens (tertiary/aromatic N) is 2. The van der Waals surface area contributed by atoms with Crippen molar-refractivity contribution in [2.75, 3.05) is 26.8 Å². The van der Waals surface area contributed by atoms with Crippen LogP contribution >= 0.6 is 11.3 Å². The monoisotopic (exact) mass is 398 g/mol. The molecule has 7 heteroatoms. The average Bonchev–Trinajstić information content (AvgIpc) is 3.42. The highest BCUT2D eigenvalue weighted by atomic mass is 32.1. The van der Waals surface area contributed by atoms with Gasteiger partial charge in [0.05, 0.1) is 24.9 Å². The number of hydrogen-bond acceptors (Lipinski definition) is 6. The van der Waals surface area contributed by atoms with Crippen LogP contribution in [0.3, 0.4) is 0 Å². The SMILES string of the molecule is COc1ccc2ccc(OCC3CCN(C(=O)OCc4cscn4)C3)cc2c1. The maximum atomic E-state index is 12.2. The molecule has 0 N–H and O–H groups in total. The third kappa shape index (κ3) is 4.36. The number of methoxy groups -OCH3 is 1. The van der Waals surface area contributed by atoms with Crippen molar-refractivity contribution >= 4 is 28.2 Å². The second-order valence-corrected chi connectivity index (χ2v) is 7.54. The predicted octanol–water partition coefficient (Wildman–Crippen LogP) is 4.34. The van der Waals surface area contributed by atoms with Gasteiger partial charge in [0.1, 0.15) is 18.1 Å². The minimum absolute atomic E-state index is 0.223. The van der Waals surface area contributed by atoms with Crippen LogP contribution in [-0.4, -0.2) is 42.8 Å².